The highest BCUT2D eigenvalue weighted by atomic mass is 32.1. The van der Waals surface area contributed by atoms with Crippen molar-refractivity contribution < 1.29 is 4.39 Å². The molecule has 146 valence electrons. The van der Waals surface area contributed by atoms with Crippen LogP contribution in [0.3, 0.4) is 0 Å². The standard InChI is InChI=1S/C19H27FN6S/c1-4-16-13(2)27-17(25-16)7-10-23-19(21-3)24-14-8-11-26(12-14)18-15(20)6-5-9-22-18/h5-6,9,14H,4,7-8,10-12H2,1-3H3,(H2,21,23,24). The summed E-state index contributed by atoms with van der Waals surface area (Å²) >= 11 is 1.77. The smallest absolute Gasteiger partial charge is 0.191 e. The van der Waals surface area contributed by atoms with E-state index in [1.54, 1.807) is 30.6 Å². The van der Waals surface area contributed by atoms with Gasteiger partial charge in [-0.25, -0.2) is 14.4 Å². The number of halogens is 1. The van der Waals surface area contributed by atoms with Crippen LogP contribution in [0.4, 0.5) is 10.2 Å². The van der Waals surface area contributed by atoms with Crippen molar-refractivity contribution in [3.63, 3.8) is 0 Å². The van der Waals surface area contributed by atoms with Gasteiger partial charge < -0.3 is 15.5 Å². The number of pyridine rings is 1. The number of aliphatic imine (C=N–C) groups is 1. The first-order chi connectivity index (χ1) is 13.1. The van der Waals surface area contributed by atoms with Crippen LogP contribution in [-0.4, -0.2) is 48.7 Å². The molecule has 27 heavy (non-hydrogen) atoms. The number of thiazole rings is 1. The number of aryl methyl sites for hydroxylation is 2. The van der Waals surface area contributed by atoms with Gasteiger partial charge >= 0.3 is 0 Å². The largest absolute Gasteiger partial charge is 0.356 e. The van der Waals surface area contributed by atoms with Crippen LogP contribution in [0.25, 0.3) is 0 Å². The van der Waals surface area contributed by atoms with E-state index in [9.17, 15) is 4.39 Å². The minimum atomic E-state index is -0.272. The first-order valence-electron chi connectivity index (χ1n) is 9.38. The number of anilines is 1. The Balaban J connectivity index is 1.47. The molecule has 1 unspecified atom stereocenters. The molecule has 3 rings (SSSR count). The van der Waals surface area contributed by atoms with Gasteiger partial charge in [0.1, 0.15) is 0 Å². The van der Waals surface area contributed by atoms with E-state index >= 15 is 0 Å². The first-order valence-corrected chi connectivity index (χ1v) is 10.2. The topological polar surface area (TPSA) is 65.4 Å². The average molecular weight is 391 g/mol. The maximum absolute atomic E-state index is 13.9. The van der Waals surface area contributed by atoms with E-state index in [1.807, 2.05) is 4.90 Å². The normalized spacial score (nSPS) is 17.4. The van der Waals surface area contributed by atoms with Crippen LogP contribution in [0.15, 0.2) is 23.3 Å². The van der Waals surface area contributed by atoms with Gasteiger partial charge in [-0.3, -0.25) is 4.99 Å². The molecule has 2 aromatic heterocycles. The molecule has 0 amide bonds. The second-order valence-electron chi connectivity index (χ2n) is 6.60. The molecule has 6 nitrogen and oxygen atoms in total. The van der Waals surface area contributed by atoms with Crippen LogP contribution in [0, 0.1) is 12.7 Å². The number of nitrogens with one attached hydrogen (secondary N) is 2. The van der Waals surface area contributed by atoms with E-state index in [1.165, 1.54) is 16.6 Å². The van der Waals surface area contributed by atoms with E-state index in [4.69, 9.17) is 0 Å². The van der Waals surface area contributed by atoms with Gasteiger partial charge in [-0.1, -0.05) is 6.92 Å². The average Bonchev–Trinajstić information content (AvgIpc) is 3.27. The van der Waals surface area contributed by atoms with Crippen molar-refractivity contribution >= 4 is 23.1 Å². The van der Waals surface area contributed by atoms with Gasteiger partial charge in [0.2, 0.25) is 0 Å². The lowest BCUT2D eigenvalue weighted by atomic mass is 10.3. The number of hydrogen-bond donors (Lipinski definition) is 2. The Kier molecular flexibility index (Phi) is 6.60. The molecule has 2 N–H and O–H groups in total. The number of aromatic nitrogens is 2. The van der Waals surface area contributed by atoms with Crippen LogP contribution in [0.5, 0.6) is 0 Å². The monoisotopic (exact) mass is 390 g/mol. The summed E-state index contributed by atoms with van der Waals surface area (Å²) in [6.07, 6.45) is 4.41. The fraction of sp³-hybridized carbons (Fsp3) is 0.526. The lowest BCUT2D eigenvalue weighted by Gasteiger charge is -2.19. The summed E-state index contributed by atoms with van der Waals surface area (Å²) in [6, 6.07) is 3.28. The van der Waals surface area contributed by atoms with Gasteiger partial charge in [-0.05, 0) is 31.9 Å². The van der Waals surface area contributed by atoms with E-state index in [-0.39, 0.29) is 11.9 Å². The lowest BCUT2D eigenvalue weighted by Crippen LogP contribution is -2.45. The fourth-order valence-electron chi connectivity index (χ4n) is 3.28. The van der Waals surface area contributed by atoms with Gasteiger partial charge in [0.15, 0.2) is 17.6 Å². The highest BCUT2D eigenvalue weighted by Crippen LogP contribution is 2.21. The molecule has 1 saturated heterocycles. The molecule has 1 atom stereocenters. The highest BCUT2D eigenvalue weighted by molar-refractivity contribution is 7.11. The van der Waals surface area contributed by atoms with Crippen molar-refractivity contribution in [1.29, 1.82) is 0 Å². The molecular weight excluding hydrogens is 363 g/mol. The van der Waals surface area contributed by atoms with E-state index < -0.39 is 0 Å². The molecule has 1 aliphatic rings. The summed E-state index contributed by atoms with van der Waals surface area (Å²) in [6.45, 7) is 6.53. The van der Waals surface area contributed by atoms with Gasteiger partial charge in [0.05, 0.1) is 10.7 Å². The molecule has 0 bridgehead atoms. The van der Waals surface area contributed by atoms with E-state index in [0.717, 1.165) is 43.3 Å². The van der Waals surface area contributed by atoms with E-state index in [0.29, 0.717) is 12.4 Å². The summed E-state index contributed by atoms with van der Waals surface area (Å²) in [4.78, 5) is 16.4. The quantitative estimate of drug-likeness (QED) is 0.586. The summed E-state index contributed by atoms with van der Waals surface area (Å²) in [7, 11) is 1.77. The van der Waals surface area contributed by atoms with Crippen LogP contribution in [0.1, 0.15) is 28.9 Å². The van der Waals surface area contributed by atoms with Gasteiger partial charge in [0, 0.05) is 50.2 Å². The summed E-state index contributed by atoms with van der Waals surface area (Å²) in [5.41, 5.74) is 1.20. The van der Waals surface area contributed by atoms with Crippen molar-refractivity contribution in [2.75, 3.05) is 31.6 Å². The molecule has 1 fully saturated rings. The number of guanidine groups is 1. The van der Waals surface area contributed by atoms with Gasteiger partial charge in [0.25, 0.3) is 0 Å². The SMILES string of the molecule is CCc1nc(CCNC(=NC)NC2CCN(c3ncccc3F)C2)sc1C. The van der Waals surface area contributed by atoms with Crippen molar-refractivity contribution in [3.05, 3.63) is 39.7 Å². The zero-order chi connectivity index (χ0) is 19.2. The summed E-state index contributed by atoms with van der Waals surface area (Å²) < 4.78 is 13.9. The predicted octanol–water partition coefficient (Wildman–Crippen LogP) is 2.53. The minimum absolute atomic E-state index is 0.214. The highest BCUT2D eigenvalue weighted by Gasteiger charge is 2.25. The van der Waals surface area contributed by atoms with Crippen molar-refractivity contribution in [3.8, 4) is 0 Å². The van der Waals surface area contributed by atoms with Crippen molar-refractivity contribution in [2.24, 2.45) is 4.99 Å². The molecule has 2 aromatic rings. The molecule has 0 saturated carbocycles. The van der Waals surface area contributed by atoms with Crippen molar-refractivity contribution in [2.45, 2.75) is 39.2 Å². The Labute approximate surface area is 163 Å². The maximum atomic E-state index is 13.9. The second-order valence-corrected chi connectivity index (χ2v) is 7.89. The molecule has 1 aliphatic heterocycles. The molecular formula is C19H27FN6S. The Hall–Kier alpha value is -2.22. The maximum Gasteiger partial charge on any atom is 0.191 e. The van der Waals surface area contributed by atoms with E-state index in [2.05, 4.69) is 39.4 Å². The molecule has 0 aliphatic carbocycles. The van der Waals surface area contributed by atoms with Crippen LogP contribution >= 0.6 is 11.3 Å². The van der Waals surface area contributed by atoms with Crippen LogP contribution in [0.2, 0.25) is 0 Å². The molecule has 0 aromatic carbocycles. The predicted molar refractivity (Wildman–Crippen MR) is 109 cm³/mol. The Morgan fingerprint density at radius 2 is 2.33 bits per heavy atom. The zero-order valence-corrected chi connectivity index (χ0v) is 16.9. The number of rotatable bonds is 6. The number of hydrogen-bond acceptors (Lipinski definition) is 5. The van der Waals surface area contributed by atoms with Crippen LogP contribution < -0.4 is 15.5 Å². The van der Waals surface area contributed by atoms with Gasteiger partial charge in [-0.2, -0.15) is 0 Å². The molecule has 8 heteroatoms. The third-order valence-electron chi connectivity index (χ3n) is 4.69. The number of nitrogens with zero attached hydrogens (tertiary/aromatic N) is 4. The summed E-state index contributed by atoms with van der Waals surface area (Å²) in [5, 5.41) is 7.94. The fourth-order valence-corrected chi connectivity index (χ4v) is 4.30. The minimum Gasteiger partial charge on any atom is -0.356 e. The molecule has 0 radical (unpaired) electrons. The first kappa shape index (κ1) is 19.5. The Morgan fingerprint density at radius 3 is 3.04 bits per heavy atom. The zero-order valence-electron chi connectivity index (χ0n) is 16.1. The molecule has 0 spiro atoms. The van der Waals surface area contributed by atoms with Gasteiger partial charge in [-0.15, -0.1) is 11.3 Å². The van der Waals surface area contributed by atoms with Crippen LogP contribution in [-0.2, 0) is 12.8 Å². The third-order valence-corrected chi connectivity index (χ3v) is 5.77. The molecule has 3 heterocycles. The Bertz CT molecular complexity index is 790. The van der Waals surface area contributed by atoms with Crippen molar-refractivity contribution in [1.82, 2.24) is 20.6 Å². The summed E-state index contributed by atoms with van der Waals surface area (Å²) in [5.74, 6) is 0.925. The lowest BCUT2D eigenvalue weighted by molar-refractivity contribution is 0.612. The Morgan fingerprint density at radius 1 is 1.48 bits per heavy atom. The second kappa shape index (κ2) is 9.12. The third kappa shape index (κ3) is 4.94.